The van der Waals surface area contributed by atoms with Crippen LogP contribution in [0.2, 0.25) is 5.02 Å². The number of thiazole rings is 1. The average Bonchev–Trinajstić information content (AvgIpc) is 2.85. The van der Waals surface area contributed by atoms with Crippen LogP contribution in [-0.4, -0.2) is 45.9 Å². The quantitative estimate of drug-likeness (QED) is 0.639. The summed E-state index contributed by atoms with van der Waals surface area (Å²) in [6.45, 7) is 6.02. The van der Waals surface area contributed by atoms with Gasteiger partial charge >= 0.3 is 0 Å². The molecule has 0 radical (unpaired) electrons. The summed E-state index contributed by atoms with van der Waals surface area (Å²) in [7, 11) is 0. The molecule has 1 aromatic carbocycles. The normalized spacial score (nSPS) is 15.6. The number of amides is 2. The molecule has 1 saturated heterocycles. The molecule has 0 aliphatic carbocycles. The van der Waals surface area contributed by atoms with Gasteiger partial charge in [0, 0.05) is 24.7 Å². The smallest absolute Gasteiger partial charge is 0.258 e. The molecule has 2 aromatic rings. The highest BCUT2D eigenvalue weighted by Gasteiger charge is 2.16. The minimum atomic E-state index is -0.232. The Morgan fingerprint density at radius 2 is 1.96 bits per heavy atom. The number of carbonyl (C=O) groups is 2. The highest BCUT2D eigenvalue weighted by molar-refractivity contribution is 8.00. The van der Waals surface area contributed by atoms with Crippen molar-refractivity contribution >= 4 is 56.7 Å². The molecule has 2 heterocycles. The van der Waals surface area contributed by atoms with E-state index in [0.717, 1.165) is 36.1 Å². The summed E-state index contributed by atoms with van der Waals surface area (Å²) in [4.78, 5) is 31.5. The SMILES string of the molecule is C=CCn1c(=NC(=O)CSCC(=O)N2CCCCCC2)sc2cc(Cl)ccc21. The van der Waals surface area contributed by atoms with Gasteiger partial charge in [0.05, 0.1) is 21.7 Å². The Morgan fingerprint density at radius 3 is 2.68 bits per heavy atom. The lowest BCUT2D eigenvalue weighted by Crippen LogP contribution is -2.33. The lowest BCUT2D eigenvalue weighted by atomic mass is 10.2. The van der Waals surface area contributed by atoms with Gasteiger partial charge in [0.1, 0.15) is 0 Å². The molecule has 3 rings (SSSR count). The molecular formula is C20H24ClN3O2S2. The van der Waals surface area contributed by atoms with E-state index in [2.05, 4.69) is 11.6 Å². The summed E-state index contributed by atoms with van der Waals surface area (Å²) in [5, 5.41) is 0.653. The zero-order valence-corrected chi connectivity index (χ0v) is 18.1. The fourth-order valence-corrected chi connectivity index (χ4v) is 5.25. The first-order valence-corrected chi connectivity index (χ1v) is 11.8. The first kappa shape index (κ1) is 21.1. The zero-order chi connectivity index (χ0) is 19.9. The first-order valence-electron chi connectivity index (χ1n) is 9.41. The van der Waals surface area contributed by atoms with E-state index >= 15 is 0 Å². The van der Waals surface area contributed by atoms with Crippen molar-refractivity contribution in [3.05, 3.63) is 40.7 Å². The molecule has 0 saturated carbocycles. The Labute approximate surface area is 178 Å². The molecule has 0 atom stereocenters. The van der Waals surface area contributed by atoms with Gasteiger partial charge in [0.2, 0.25) is 5.91 Å². The second-order valence-corrected chi connectivity index (χ2v) is 9.12. The second kappa shape index (κ2) is 10.3. The van der Waals surface area contributed by atoms with Crippen LogP contribution < -0.4 is 4.80 Å². The van der Waals surface area contributed by atoms with E-state index in [4.69, 9.17) is 11.6 Å². The molecule has 1 aromatic heterocycles. The van der Waals surface area contributed by atoms with Crippen molar-refractivity contribution in [3.63, 3.8) is 0 Å². The van der Waals surface area contributed by atoms with Crippen LogP contribution in [0.4, 0.5) is 0 Å². The van der Waals surface area contributed by atoms with Crippen LogP contribution in [0.3, 0.4) is 0 Å². The Bertz CT molecular complexity index is 927. The topological polar surface area (TPSA) is 54.7 Å². The molecule has 150 valence electrons. The molecule has 1 aliphatic rings. The van der Waals surface area contributed by atoms with E-state index in [0.29, 0.717) is 22.1 Å². The number of allylic oxidation sites excluding steroid dienone is 1. The van der Waals surface area contributed by atoms with Gasteiger partial charge in [-0.15, -0.1) is 18.3 Å². The number of fused-ring (bicyclic) bond motifs is 1. The number of carbonyl (C=O) groups excluding carboxylic acids is 2. The van der Waals surface area contributed by atoms with E-state index in [1.807, 2.05) is 27.7 Å². The number of hydrogen-bond acceptors (Lipinski definition) is 4. The fourth-order valence-electron chi connectivity index (χ4n) is 3.21. The third-order valence-corrected chi connectivity index (χ3v) is 6.77. The van der Waals surface area contributed by atoms with E-state index in [1.54, 1.807) is 6.08 Å². The standard InChI is InChI=1S/C20H24ClN3O2S2/c1-2-9-24-16-8-7-15(21)12-17(16)28-20(24)22-18(25)13-27-14-19(26)23-10-5-3-4-6-11-23/h2,7-8,12H,1,3-6,9-11,13-14H2. The molecule has 2 amide bonds. The highest BCUT2D eigenvalue weighted by atomic mass is 35.5. The number of halogens is 1. The number of thioether (sulfide) groups is 1. The van der Waals surface area contributed by atoms with Gasteiger partial charge in [-0.25, -0.2) is 0 Å². The average molecular weight is 438 g/mol. The van der Waals surface area contributed by atoms with E-state index in [-0.39, 0.29) is 17.6 Å². The van der Waals surface area contributed by atoms with Gasteiger partial charge in [0.25, 0.3) is 5.91 Å². The van der Waals surface area contributed by atoms with Gasteiger partial charge in [-0.2, -0.15) is 4.99 Å². The molecule has 28 heavy (non-hydrogen) atoms. The summed E-state index contributed by atoms with van der Waals surface area (Å²) in [6, 6.07) is 5.63. The summed E-state index contributed by atoms with van der Waals surface area (Å²) in [5.41, 5.74) is 0.977. The Kier molecular flexibility index (Phi) is 7.76. The minimum Gasteiger partial charge on any atom is -0.342 e. The third-order valence-electron chi connectivity index (χ3n) is 4.59. The largest absolute Gasteiger partial charge is 0.342 e. The maximum atomic E-state index is 12.4. The van der Waals surface area contributed by atoms with Crippen molar-refractivity contribution in [2.75, 3.05) is 24.6 Å². The highest BCUT2D eigenvalue weighted by Crippen LogP contribution is 2.22. The lowest BCUT2D eigenvalue weighted by Gasteiger charge is -2.19. The maximum absolute atomic E-state index is 12.4. The third kappa shape index (κ3) is 5.49. The van der Waals surface area contributed by atoms with Crippen molar-refractivity contribution < 1.29 is 9.59 Å². The van der Waals surface area contributed by atoms with Gasteiger partial charge in [-0.1, -0.05) is 41.9 Å². The molecular weight excluding hydrogens is 414 g/mol. The Balaban J connectivity index is 1.64. The van der Waals surface area contributed by atoms with Crippen LogP contribution in [0.25, 0.3) is 10.2 Å². The lowest BCUT2D eigenvalue weighted by molar-refractivity contribution is -0.128. The number of rotatable bonds is 6. The predicted molar refractivity (Wildman–Crippen MR) is 118 cm³/mol. The van der Waals surface area contributed by atoms with E-state index < -0.39 is 0 Å². The van der Waals surface area contributed by atoms with Crippen molar-refractivity contribution in [3.8, 4) is 0 Å². The van der Waals surface area contributed by atoms with Crippen LogP contribution in [0.1, 0.15) is 25.7 Å². The van der Waals surface area contributed by atoms with Crippen molar-refractivity contribution in [1.29, 1.82) is 0 Å². The minimum absolute atomic E-state index is 0.123. The summed E-state index contributed by atoms with van der Waals surface area (Å²) in [5.74, 6) is 0.417. The molecule has 8 heteroatoms. The number of nitrogens with zero attached hydrogens (tertiary/aromatic N) is 3. The van der Waals surface area contributed by atoms with E-state index in [9.17, 15) is 9.59 Å². The van der Waals surface area contributed by atoms with Crippen molar-refractivity contribution in [2.24, 2.45) is 4.99 Å². The van der Waals surface area contributed by atoms with Crippen LogP contribution >= 0.6 is 34.7 Å². The zero-order valence-electron chi connectivity index (χ0n) is 15.7. The van der Waals surface area contributed by atoms with Gasteiger partial charge in [-0.3, -0.25) is 9.59 Å². The number of aromatic nitrogens is 1. The van der Waals surface area contributed by atoms with Crippen molar-refractivity contribution in [1.82, 2.24) is 9.47 Å². The molecule has 0 N–H and O–H groups in total. The number of likely N-dealkylation sites (tertiary alicyclic amines) is 1. The molecule has 0 bridgehead atoms. The first-order chi connectivity index (χ1) is 13.6. The Morgan fingerprint density at radius 1 is 1.21 bits per heavy atom. The van der Waals surface area contributed by atoms with Gasteiger partial charge in [0.15, 0.2) is 4.80 Å². The molecule has 0 spiro atoms. The molecule has 0 unspecified atom stereocenters. The number of benzene rings is 1. The number of hydrogen-bond donors (Lipinski definition) is 0. The summed E-state index contributed by atoms with van der Waals surface area (Å²) < 4.78 is 2.93. The van der Waals surface area contributed by atoms with Crippen molar-refractivity contribution in [2.45, 2.75) is 32.2 Å². The van der Waals surface area contributed by atoms with Crippen LogP contribution in [0.15, 0.2) is 35.8 Å². The molecule has 1 aliphatic heterocycles. The second-order valence-electron chi connectivity index (χ2n) is 6.69. The van der Waals surface area contributed by atoms with Crippen LogP contribution in [-0.2, 0) is 16.1 Å². The predicted octanol–water partition coefficient (Wildman–Crippen LogP) is 4.11. The van der Waals surface area contributed by atoms with Crippen LogP contribution in [0.5, 0.6) is 0 Å². The van der Waals surface area contributed by atoms with Crippen LogP contribution in [0, 0.1) is 0 Å². The molecule has 5 nitrogen and oxygen atoms in total. The van der Waals surface area contributed by atoms with Gasteiger partial charge in [-0.05, 0) is 31.0 Å². The maximum Gasteiger partial charge on any atom is 0.258 e. The monoisotopic (exact) mass is 437 g/mol. The van der Waals surface area contributed by atoms with E-state index in [1.165, 1.54) is 35.9 Å². The van der Waals surface area contributed by atoms with Gasteiger partial charge < -0.3 is 9.47 Å². The summed E-state index contributed by atoms with van der Waals surface area (Å²) in [6.07, 6.45) is 6.31. The summed E-state index contributed by atoms with van der Waals surface area (Å²) >= 11 is 8.84. The fraction of sp³-hybridized carbons (Fsp3) is 0.450. The molecule has 1 fully saturated rings. The Hall–Kier alpha value is -1.57.